The molecule has 0 aromatic carbocycles. The van der Waals surface area contributed by atoms with Crippen LogP contribution in [0.3, 0.4) is 0 Å². The van der Waals surface area contributed by atoms with E-state index in [0.717, 1.165) is 12.8 Å². The number of likely N-dealkylation sites (tertiary alicyclic amines) is 1. The van der Waals surface area contributed by atoms with Gasteiger partial charge < -0.3 is 16.4 Å². The Morgan fingerprint density at radius 1 is 1.50 bits per heavy atom. The van der Waals surface area contributed by atoms with Gasteiger partial charge in [-0.2, -0.15) is 0 Å². The van der Waals surface area contributed by atoms with Gasteiger partial charge in [-0.25, -0.2) is 0 Å². The van der Waals surface area contributed by atoms with Crippen molar-refractivity contribution in [3.8, 4) is 0 Å². The molecule has 0 saturated carbocycles. The molecule has 1 saturated heterocycles. The van der Waals surface area contributed by atoms with Crippen LogP contribution in [0.2, 0.25) is 0 Å². The van der Waals surface area contributed by atoms with Gasteiger partial charge in [-0.3, -0.25) is 9.59 Å². The van der Waals surface area contributed by atoms with Crippen molar-refractivity contribution in [3.63, 3.8) is 0 Å². The van der Waals surface area contributed by atoms with E-state index in [1.165, 1.54) is 0 Å². The van der Waals surface area contributed by atoms with E-state index in [4.69, 9.17) is 11.5 Å². The molecule has 3 atom stereocenters. The van der Waals surface area contributed by atoms with Crippen molar-refractivity contribution in [2.45, 2.75) is 45.2 Å². The first kappa shape index (κ1) is 13.0. The van der Waals surface area contributed by atoms with E-state index in [1.807, 2.05) is 13.8 Å². The average Bonchev–Trinajstić information content (AvgIpc) is 2.74. The zero-order valence-corrected chi connectivity index (χ0v) is 9.98. The molecule has 92 valence electrons. The monoisotopic (exact) mass is 227 g/mol. The van der Waals surface area contributed by atoms with Gasteiger partial charge in [0.05, 0.1) is 6.04 Å². The zero-order chi connectivity index (χ0) is 12.3. The van der Waals surface area contributed by atoms with Crippen molar-refractivity contribution in [1.82, 2.24) is 4.90 Å². The maximum absolute atomic E-state index is 12.1. The van der Waals surface area contributed by atoms with Gasteiger partial charge in [0.2, 0.25) is 11.8 Å². The molecule has 0 radical (unpaired) electrons. The van der Waals surface area contributed by atoms with Crippen LogP contribution in [-0.4, -0.2) is 35.3 Å². The molecule has 0 aliphatic carbocycles. The van der Waals surface area contributed by atoms with Crippen LogP contribution in [0.15, 0.2) is 0 Å². The van der Waals surface area contributed by atoms with Crippen LogP contribution >= 0.6 is 0 Å². The highest BCUT2D eigenvalue weighted by atomic mass is 16.2. The molecule has 1 aliphatic heterocycles. The normalized spacial score (nSPS) is 24.2. The summed E-state index contributed by atoms with van der Waals surface area (Å²) in [7, 11) is 0. The van der Waals surface area contributed by atoms with Crippen LogP contribution in [0, 0.1) is 5.92 Å². The molecular formula is C11H21N3O2. The molecule has 1 heterocycles. The average molecular weight is 227 g/mol. The van der Waals surface area contributed by atoms with E-state index in [-0.39, 0.29) is 11.8 Å². The van der Waals surface area contributed by atoms with E-state index < -0.39 is 18.0 Å². The number of carbonyl (C=O) groups is 2. The maximum atomic E-state index is 12.1. The summed E-state index contributed by atoms with van der Waals surface area (Å²) < 4.78 is 0. The number of amides is 2. The minimum absolute atomic E-state index is 0.127. The molecule has 5 heteroatoms. The third kappa shape index (κ3) is 2.52. The minimum Gasteiger partial charge on any atom is -0.368 e. The Morgan fingerprint density at radius 2 is 2.12 bits per heavy atom. The zero-order valence-electron chi connectivity index (χ0n) is 9.98. The SMILES string of the molecule is CC[C@H](C)[C@H](N)C(=O)N1CCCC1C(N)=O. The van der Waals surface area contributed by atoms with Gasteiger partial charge in [0.25, 0.3) is 0 Å². The highest BCUT2D eigenvalue weighted by Crippen LogP contribution is 2.19. The van der Waals surface area contributed by atoms with E-state index in [0.29, 0.717) is 13.0 Å². The molecule has 5 nitrogen and oxygen atoms in total. The highest BCUT2D eigenvalue weighted by molar-refractivity contribution is 5.89. The second-order valence-corrected chi connectivity index (χ2v) is 4.50. The lowest BCUT2D eigenvalue weighted by Gasteiger charge is -2.27. The summed E-state index contributed by atoms with van der Waals surface area (Å²) in [6.07, 6.45) is 2.34. The van der Waals surface area contributed by atoms with E-state index in [2.05, 4.69) is 0 Å². The lowest BCUT2D eigenvalue weighted by atomic mass is 9.98. The summed E-state index contributed by atoms with van der Waals surface area (Å²) in [6.45, 7) is 4.53. The second kappa shape index (κ2) is 5.30. The Hall–Kier alpha value is -1.10. The molecule has 0 aromatic heterocycles. The Balaban J connectivity index is 2.69. The molecule has 16 heavy (non-hydrogen) atoms. The molecule has 1 rings (SSSR count). The van der Waals surface area contributed by atoms with Gasteiger partial charge in [-0.15, -0.1) is 0 Å². The van der Waals surface area contributed by atoms with E-state index >= 15 is 0 Å². The number of primary amides is 1. The fourth-order valence-electron chi connectivity index (χ4n) is 2.02. The first-order chi connectivity index (χ1) is 7.49. The van der Waals surface area contributed by atoms with Crippen molar-refractivity contribution in [2.75, 3.05) is 6.54 Å². The topological polar surface area (TPSA) is 89.4 Å². The summed E-state index contributed by atoms with van der Waals surface area (Å²) in [5, 5.41) is 0. The summed E-state index contributed by atoms with van der Waals surface area (Å²) in [6, 6.07) is -0.979. The lowest BCUT2D eigenvalue weighted by Crippen LogP contribution is -2.52. The van der Waals surface area contributed by atoms with Gasteiger partial charge in [-0.1, -0.05) is 20.3 Å². The summed E-state index contributed by atoms with van der Waals surface area (Å²) in [5.41, 5.74) is 11.1. The quantitative estimate of drug-likeness (QED) is 0.699. The van der Waals surface area contributed by atoms with Crippen LogP contribution < -0.4 is 11.5 Å². The molecule has 4 N–H and O–H groups in total. The first-order valence-corrected chi connectivity index (χ1v) is 5.84. The van der Waals surface area contributed by atoms with Crippen LogP contribution in [0.5, 0.6) is 0 Å². The molecule has 1 unspecified atom stereocenters. The molecule has 2 amide bonds. The third-order valence-corrected chi connectivity index (χ3v) is 3.41. The number of nitrogens with two attached hydrogens (primary N) is 2. The van der Waals surface area contributed by atoms with Crippen molar-refractivity contribution in [2.24, 2.45) is 17.4 Å². The van der Waals surface area contributed by atoms with Gasteiger partial charge in [0, 0.05) is 6.54 Å². The third-order valence-electron chi connectivity index (χ3n) is 3.41. The number of hydrogen-bond acceptors (Lipinski definition) is 3. The fourth-order valence-corrected chi connectivity index (χ4v) is 2.02. The Kier molecular flexibility index (Phi) is 4.29. The number of nitrogens with zero attached hydrogens (tertiary/aromatic N) is 1. The van der Waals surface area contributed by atoms with Gasteiger partial charge >= 0.3 is 0 Å². The van der Waals surface area contributed by atoms with E-state index in [1.54, 1.807) is 4.90 Å². The van der Waals surface area contributed by atoms with Gasteiger partial charge in [-0.05, 0) is 18.8 Å². The Labute approximate surface area is 96.1 Å². The Morgan fingerprint density at radius 3 is 2.62 bits per heavy atom. The van der Waals surface area contributed by atoms with Crippen molar-refractivity contribution in [1.29, 1.82) is 0 Å². The predicted molar refractivity (Wildman–Crippen MR) is 61.4 cm³/mol. The largest absolute Gasteiger partial charge is 0.368 e. The van der Waals surface area contributed by atoms with Gasteiger partial charge in [0.1, 0.15) is 6.04 Å². The smallest absolute Gasteiger partial charge is 0.240 e. The first-order valence-electron chi connectivity index (χ1n) is 5.84. The number of rotatable bonds is 4. The van der Waals surface area contributed by atoms with Crippen molar-refractivity contribution in [3.05, 3.63) is 0 Å². The maximum Gasteiger partial charge on any atom is 0.240 e. The van der Waals surface area contributed by atoms with Crippen molar-refractivity contribution < 1.29 is 9.59 Å². The molecule has 0 bridgehead atoms. The van der Waals surface area contributed by atoms with Crippen LogP contribution in [0.4, 0.5) is 0 Å². The summed E-state index contributed by atoms with van der Waals surface area (Å²) in [4.78, 5) is 24.8. The number of carbonyl (C=O) groups excluding carboxylic acids is 2. The van der Waals surface area contributed by atoms with E-state index in [9.17, 15) is 9.59 Å². The standard InChI is InChI=1S/C11H21N3O2/c1-3-7(2)9(12)11(16)14-6-4-5-8(14)10(13)15/h7-9H,3-6,12H2,1-2H3,(H2,13,15)/t7-,8?,9-/m0/s1. The van der Waals surface area contributed by atoms with Crippen LogP contribution in [0.25, 0.3) is 0 Å². The number of hydrogen-bond donors (Lipinski definition) is 2. The molecule has 0 spiro atoms. The lowest BCUT2D eigenvalue weighted by molar-refractivity contribution is -0.139. The molecule has 1 fully saturated rings. The summed E-state index contributed by atoms with van der Waals surface area (Å²) in [5.74, 6) is -0.445. The second-order valence-electron chi connectivity index (χ2n) is 4.50. The van der Waals surface area contributed by atoms with Crippen LogP contribution in [-0.2, 0) is 9.59 Å². The molecular weight excluding hydrogens is 206 g/mol. The van der Waals surface area contributed by atoms with Gasteiger partial charge in [0.15, 0.2) is 0 Å². The molecule has 1 aliphatic rings. The molecule has 0 aromatic rings. The Bertz CT molecular complexity index is 280. The van der Waals surface area contributed by atoms with Crippen LogP contribution in [0.1, 0.15) is 33.1 Å². The predicted octanol–water partition coefficient (Wildman–Crippen LogP) is -0.164. The minimum atomic E-state index is -0.523. The fraction of sp³-hybridized carbons (Fsp3) is 0.818. The summed E-state index contributed by atoms with van der Waals surface area (Å²) >= 11 is 0. The van der Waals surface area contributed by atoms with Crippen molar-refractivity contribution >= 4 is 11.8 Å². The highest BCUT2D eigenvalue weighted by Gasteiger charge is 2.35.